The minimum Gasteiger partial charge on any atom is -0.494 e. The van der Waals surface area contributed by atoms with Crippen molar-refractivity contribution < 1.29 is 13.2 Å². The summed E-state index contributed by atoms with van der Waals surface area (Å²) in [6, 6.07) is 13.9. The molecular formula is C16H15BrN4O3S2. The predicted octanol–water partition coefficient (Wildman–Crippen LogP) is 3.00. The highest BCUT2D eigenvalue weighted by Gasteiger charge is 2.17. The summed E-state index contributed by atoms with van der Waals surface area (Å²) in [5.41, 5.74) is 0.693. The Morgan fingerprint density at radius 2 is 1.88 bits per heavy atom. The fourth-order valence-corrected chi connectivity index (χ4v) is 5.02. The number of ether oxygens (including phenoxy) is 1. The molecule has 26 heavy (non-hydrogen) atoms. The van der Waals surface area contributed by atoms with Gasteiger partial charge in [-0.15, -0.1) is 5.10 Å². The van der Waals surface area contributed by atoms with Gasteiger partial charge < -0.3 is 4.74 Å². The van der Waals surface area contributed by atoms with Crippen LogP contribution in [0.2, 0.25) is 0 Å². The molecule has 0 unspecified atom stereocenters. The van der Waals surface area contributed by atoms with Crippen LogP contribution in [0.3, 0.4) is 0 Å². The second-order valence-corrected chi connectivity index (χ2v) is 9.25. The third-order valence-corrected chi connectivity index (χ3v) is 6.95. The molecule has 0 saturated carbocycles. The average molecular weight is 455 g/mol. The SMILES string of the molecule is COc1ccccc1-n1nnnc1SCCS(=O)(=O)c1ccc(Br)cc1. The van der Waals surface area contributed by atoms with Gasteiger partial charge in [0.1, 0.15) is 11.4 Å². The Labute approximate surface area is 163 Å². The average Bonchev–Trinajstić information content (AvgIpc) is 3.10. The molecule has 0 fully saturated rings. The van der Waals surface area contributed by atoms with Crippen molar-refractivity contribution in [3.8, 4) is 11.4 Å². The van der Waals surface area contributed by atoms with Gasteiger partial charge in [-0.3, -0.25) is 0 Å². The van der Waals surface area contributed by atoms with E-state index in [1.54, 1.807) is 31.4 Å². The van der Waals surface area contributed by atoms with E-state index in [-0.39, 0.29) is 5.75 Å². The largest absolute Gasteiger partial charge is 0.494 e. The Bertz CT molecular complexity index is 991. The van der Waals surface area contributed by atoms with E-state index in [1.165, 1.54) is 16.4 Å². The van der Waals surface area contributed by atoms with Crippen LogP contribution in [-0.2, 0) is 9.84 Å². The minimum atomic E-state index is -3.36. The van der Waals surface area contributed by atoms with Crippen molar-refractivity contribution in [1.29, 1.82) is 0 Å². The van der Waals surface area contributed by atoms with Gasteiger partial charge in [0.05, 0.1) is 17.8 Å². The van der Waals surface area contributed by atoms with Gasteiger partial charge in [0.2, 0.25) is 5.16 Å². The maximum Gasteiger partial charge on any atom is 0.214 e. The molecule has 0 radical (unpaired) electrons. The number of tetrazole rings is 1. The molecule has 1 heterocycles. The van der Waals surface area contributed by atoms with Crippen LogP contribution in [0.25, 0.3) is 5.69 Å². The lowest BCUT2D eigenvalue weighted by atomic mass is 10.3. The normalized spacial score (nSPS) is 11.5. The van der Waals surface area contributed by atoms with Crippen LogP contribution < -0.4 is 4.74 Å². The Morgan fingerprint density at radius 3 is 2.62 bits per heavy atom. The molecular weight excluding hydrogens is 440 g/mol. The third kappa shape index (κ3) is 4.25. The molecule has 136 valence electrons. The molecule has 2 aromatic carbocycles. The number of benzene rings is 2. The molecule has 0 N–H and O–H groups in total. The van der Waals surface area contributed by atoms with Crippen molar-refractivity contribution in [2.24, 2.45) is 0 Å². The van der Waals surface area contributed by atoms with E-state index < -0.39 is 9.84 Å². The highest BCUT2D eigenvalue weighted by molar-refractivity contribution is 9.10. The minimum absolute atomic E-state index is 0.0158. The molecule has 7 nitrogen and oxygen atoms in total. The van der Waals surface area contributed by atoms with Crippen LogP contribution in [0, 0.1) is 0 Å². The zero-order chi connectivity index (χ0) is 18.6. The zero-order valence-electron chi connectivity index (χ0n) is 13.7. The van der Waals surface area contributed by atoms with Crippen molar-refractivity contribution in [1.82, 2.24) is 20.2 Å². The van der Waals surface area contributed by atoms with Crippen LogP contribution >= 0.6 is 27.7 Å². The van der Waals surface area contributed by atoms with Gasteiger partial charge in [-0.1, -0.05) is 39.8 Å². The Kier molecular flexibility index (Phi) is 5.94. The van der Waals surface area contributed by atoms with Gasteiger partial charge in [0.15, 0.2) is 9.84 Å². The van der Waals surface area contributed by atoms with Crippen LogP contribution in [0.4, 0.5) is 0 Å². The molecule has 0 amide bonds. The summed E-state index contributed by atoms with van der Waals surface area (Å²) in [6.45, 7) is 0. The molecule has 3 rings (SSSR count). The van der Waals surface area contributed by atoms with Crippen molar-refractivity contribution >= 4 is 37.5 Å². The fraction of sp³-hybridized carbons (Fsp3) is 0.188. The van der Waals surface area contributed by atoms with Gasteiger partial charge in [-0.05, 0) is 46.8 Å². The van der Waals surface area contributed by atoms with E-state index in [0.29, 0.717) is 27.2 Å². The summed E-state index contributed by atoms with van der Waals surface area (Å²) in [5.74, 6) is 0.940. The van der Waals surface area contributed by atoms with E-state index in [2.05, 4.69) is 31.5 Å². The number of methoxy groups -OCH3 is 1. The smallest absolute Gasteiger partial charge is 0.214 e. The molecule has 0 atom stereocenters. The first-order valence-electron chi connectivity index (χ1n) is 7.54. The first kappa shape index (κ1) is 18.9. The first-order chi connectivity index (χ1) is 12.5. The monoisotopic (exact) mass is 454 g/mol. The maximum absolute atomic E-state index is 12.4. The first-order valence-corrected chi connectivity index (χ1v) is 11.0. The Balaban J connectivity index is 1.72. The van der Waals surface area contributed by atoms with Gasteiger partial charge in [0.25, 0.3) is 0 Å². The third-order valence-electron chi connectivity index (χ3n) is 3.51. The summed E-state index contributed by atoms with van der Waals surface area (Å²) in [7, 11) is -1.79. The Hall–Kier alpha value is -1.91. The summed E-state index contributed by atoms with van der Waals surface area (Å²) in [4.78, 5) is 0.297. The Morgan fingerprint density at radius 1 is 1.15 bits per heavy atom. The number of para-hydroxylation sites is 2. The molecule has 0 bridgehead atoms. The molecule has 0 aliphatic heterocycles. The van der Waals surface area contributed by atoms with E-state index in [9.17, 15) is 8.42 Å². The van der Waals surface area contributed by atoms with Crippen LogP contribution in [0.1, 0.15) is 0 Å². The van der Waals surface area contributed by atoms with E-state index in [4.69, 9.17) is 4.74 Å². The lowest BCUT2D eigenvalue weighted by Gasteiger charge is -2.09. The number of hydrogen-bond acceptors (Lipinski definition) is 7. The molecule has 0 aliphatic rings. The second kappa shape index (κ2) is 8.19. The molecule has 3 aromatic rings. The van der Waals surface area contributed by atoms with Crippen LogP contribution in [0.5, 0.6) is 5.75 Å². The van der Waals surface area contributed by atoms with Crippen molar-refractivity contribution in [2.75, 3.05) is 18.6 Å². The maximum atomic E-state index is 12.4. The van der Waals surface area contributed by atoms with E-state index in [0.717, 1.165) is 4.47 Å². The van der Waals surface area contributed by atoms with Crippen molar-refractivity contribution in [3.63, 3.8) is 0 Å². The zero-order valence-corrected chi connectivity index (χ0v) is 17.0. The number of aromatic nitrogens is 4. The standard InChI is InChI=1S/C16H15BrN4O3S2/c1-24-15-5-3-2-4-14(15)21-16(18-19-20-21)25-10-11-26(22,23)13-8-6-12(17)7-9-13/h2-9H,10-11H2,1H3. The number of nitrogens with zero attached hydrogens (tertiary/aromatic N) is 4. The van der Waals surface area contributed by atoms with Crippen molar-refractivity contribution in [2.45, 2.75) is 10.1 Å². The quantitative estimate of drug-likeness (QED) is 0.506. The van der Waals surface area contributed by atoms with Crippen LogP contribution in [-0.4, -0.2) is 47.2 Å². The van der Waals surface area contributed by atoms with Gasteiger partial charge >= 0.3 is 0 Å². The summed E-state index contributed by atoms with van der Waals surface area (Å²) in [5, 5.41) is 12.1. The molecule has 0 spiro atoms. The lowest BCUT2D eigenvalue weighted by Crippen LogP contribution is -2.09. The van der Waals surface area contributed by atoms with Gasteiger partial charge in [-0.25, -0.2) is 8.42 Å². The van der Waals surface area contributed by atoms with Gasteiger partial charge in [0, 0.05) is 10.2 Å². The number of thioether (sulfide) groups is 1. The number of halogens is 1. The number of sulfone groups is 1. The summed E-state index contributed by atoms with van der Waals surface area (Å²) >= 11 is 4.57. The number of hydrogen-bond donors (Lipinski definition) is 0. The van der Waals surface area contributed by atoms with Crippen LogP contribution in [0.15, 0.2) is 63.1 Å². The number of rotatable bonds is 7. The summed E-state index contributed by atoms with van der Waals surface area (Å²) in [6.07, 6.45) is 0. The molecule has 0 aliphatic carbocycles. The predicted molar refractivity (Wildman–Crippen MR) is 103 cm³/mol. The van der Waals surface area contributed by atoms with Crippen molar-refractivity contribution in [3.05, 3.63) is 53.0 Å². The molecule has 10 heteroatoms. The van der Waals surface area contributed by atoms with Gasteiger partial charge in [-0.2, -0.15) is 4.68 Å². The van der Waals surface area contributed by atoms with E-state index in [1.807, 2.05) is 24.3 Å². The lowest BCUT2D eigenvalue weighted by molar-refractivity contribution is 0.410. The fourth-order valence-electron chi connectivity index (χ4n) is 2.23. The topological polar surface area (TPSA) is 87.0 Å². The highest BCUT2D eigenvalue weighted by atomic mass is 79.9. The summed E-state index contributed by atoms with van der Waals surface area (Å²) < 4.78 is 32.5. The molecule has 1 aromatic heterocycles. The highest BCUT2D eigenvalue weighted by Crippen LogP contribution is 2.26. The molecule has 0 saturated heterocycles. The van der Waals surface area contributed by atoms with E-state index >= 15 is 0 Å². The second-order valence-electron chi connectivity index (χ2n) is 5.17.